The summed E-state index contributed by atoms with van der Waals surface area (Å²) in [5, 5.41) is 0.635. The monoisotopic (exact) mass is 362 g/mol. The van der Waals surface area contributed by atoms with Gasteiger partial charge in [-0.1, -0.05) is 121 Å². The minimum Gasteiger partial charge on any atom is -0.483 e. The van der Waals surface area contributed by atoms with Crippen molar-refractivity contribution in [3.63, 3.8) is 0 Å². The molecule has 0 spiro atoms. The number of thiocarbonyl (C=S) groups is 1. The van der Waals surface area contributed by atoms with E-state index in [-0.39, 0.29) is 0 Å². The Morgan fingerprint density at radius 1 is 0.680 bits per heavy atom. The summed E-state index contributed by atoms with van der Waals surface area (Å²) in [6.45, 7) is 3.04. The average molecular weight is 363 g/mol. The number of ether oxygens (including phenoxy) is 1. The average Bonchev–Trinajstić information content (AvgIpc) is 2.65. The van der Waals surface area contributed by atoms with Crippen LogP contribution in [-0.4, -0.2) is 11.7 Å². The zero-order chi connectivity index (χ0) is 18.0. The van der Waals surface area contributed by atoms with Crippen LogP contribution in [0.5, 0.6) is 0 Å². The van der Waals surface area contributed by atoms with E-state index in [1.165, 1.54) is 83.5 Å². The normalized spacial score (nSPS) is 10.8. The maximum absolute atomic E-state index is 5.67. The molecule has 0 aliphatic heterocycles. The first-order valence-corrected chi connectivity index (χ1v) is 11.0. The molecular weight excluding hydrogens is 324 g/mol. The maximum Gasteiger partial charge on any atom is 0.191 e. The summed E-state index contributed by atoms with van der Waals surface area (Å²) in [6, 6.07) is 10.0. The van der Waals surface area contributed by atoms with Crippen molar-refractivity contribution in [1.29, 1.82) is 0 Å². The summed E-state index contributed by atoms with van der Waals surface area (Å²) in [5.74, 6) is 0. The number of hydrogen-bond donors (Lipinski definition) is 0. The smallest absolute Gasteiger partial charge is 0.191 e. The third-order valence-corrected chi connectivity index (χ3v) is 5.09. The summed E-state index contributed by atoms with van der Waals surface area (Å²) >= 11 is 5.30. The molecule has 0 saturated heterocycles. The van der Waals surface area contributed by atoms with Gasteiger partial charge in [-0.15, -0.1) is 0 Å². The SMILES string of the molecule is CCCCCCCCCCCCCCCCOC(=S)c1ccccc1. The van der Waals surface area contributed by atoms with Gasteiger partial charge in [0.2, 0.25) is 0 Å². The van der Waals surface area contributed by atoms with Crippen molar-refractivity contribution in [1.82, 2.24) is 0 Å². The number of rotatable bonds is 16. The van der Waals surface area contributed by atoms with Gasteiger partial charge in [-0.2, -0.15) is 0 Å². The maximum atomic E-state index is 5.67. The molecule has 0 saturated carbocycles. The Morgan fingerprint density at radius 2 is 1.12 bits per heavy atom. The van der Waals surface area contributed by atoms with Gasteiger partial charge in [-0.3, -0.25) is 0 Å². The molecule has 0 atom stereocenters. The summed E-state index contributed by atoms with van der Waals surface area (Å²) in [7, 11) is 0. The van der Waals surface area contributed by atoms with Gasteiger partial charge in [-0.05, 0) is 18.6 Å². The van der Waals surface area contributed by atoms with E-state index in [2.05, 4.69) is 6.92 Å². The van der Waals surface area contributed by atoms with Crippen LogP contribution in [0, 0.1) is 0 Å². The second kappa shape index (κ2) is 16.6. The molecule has 0 fully saturated rings. The Kier molecular flexibility index (Phi) is 14.7. The van der Waals surface area contributed by atoms with Crippen LogP contribution >= 0.6 is 12.2 Å². The number of hydrogen-bond acceptors (Lipinski definition) is 2. The van der Waals surface area contributed by atoms with E-state index in [1.807, 2.05) is 30.3 Å². The fourth-order valence-corrected chi connectivity index (χ4v) is 3.34. The van der Waals surface area contributed by atoms with Crippen molar-refractivity contribution < 1.29 is 4.74 Å². The van der Waals surface area contributed by atoms with Crippen molar-refractivity contribution >= 4 is 17.3 Å². The Hall–Kier alpha value is -0.890. The van der Waals surface area contributed by atoms with Crippen LogP contribution in [0.15, 0.2) is 30.3 Å². The molecule has 0 unspecified atom stereocenters. The van der Waals surface area contributed by atoms with Crippen LogP contribution in [0.25, 0.3) is 0 Å². The molecule has 0 heterocycles. The molecule has 142 valence electrons. The molecule has 0 aliphatic rings. The van der Waals surface area contributed by atoms with Crippen molar-refractivity contribution in [2.75, 3.05) is 6.61 Å². The molecule has 25 heavy (non-hydrogen) atoms. The van der Waals surface area contributed by atoms with Crippen LogP contribution in [0.2, 0.25) is 0 Å². The van der Waals surface area contributed by atoms with Crippen LogP contribution < -0.4 is 0 Å². The first kappa shape index (κ1) is 22.2. The lowest BCUT2D eigenvalue weighted by atomic mass is 10.0. The molecule has 1 aromatic carbocycles. The van der Waals surface area contributed by atoms with Crippen molar-refractivity contribution in [2.45, 2.75) is 96.8 Å². The Labute approximate surface area is 161 Å². The quantitative estimate of drug-likeness (QED) is 0.218. The summed E-state index contributed by atoms with van der Waals surface area (Å²) in [4.78, 5) is 0. The van der Waals surface area contributed by atoms with Gasteiger partial charge >= 0.3 is 0 Å². The largest absolute Gasteiger partial charge is 0.483 e. The van der Waals surface area contributed by atoms with Crippen molar-refractivity contribution in [3.05, 3.63) is 35.9 Å². The van der Waals surface area contributed by atoms with Crippen LogP contribution in [0.1, 0.15) is 102 Å². The standard InChI is InChI=1S/C23H38OS/c1-2-3-4-5-6-7-8-9-10-11-12-13-14-18-21-24-23(25)22-19-16-15-17-20-22/h15-17,19-20H,2-14,18,21H2,1H3. The van der Waals surface area contributed by atoms with Gasteiger partial charge in [0.05, 0.1) is 6.61 Å². The van der Waals surface area contributed by atoms with E-state index in [1.54, 1.807) is 0 Å². The topological polar surface area (TPSA) is 9.23 Å². The highest BCUT2D eigenvalue weighted by molar-refractivity contribution is 7.80. The lowest BCUT2D eigenvalue weighted by molar-refractivity contribution is 0.300. The van der Waals surface area contributed by atoms with Crippen LogP contribution in [0.3, 0.4) is 0 Å². The van der Waals surface area contributed by atoms with E-state index in [0.29, 0.717) is 5.05 Å². The van der Waals surface area contributed by atoms with E-state index in [4.69, 9.17) is 17.0 Å². The minimum absolute atomic E-state index is 0.635. The number of benzene rings is 1. The predicted octanol–water partition coefficient (Wildman–Crippen LogP) is 7.86. The number of unbranched alkanes of at least 4 members (excludes halogenated alkanes) is 13. The van der Waals surface area contributed by atoms with Crippen LogP contribution in [0.4, 0.5) is 0 Å². The Balaban J connectivity index is 1.78. The molecule has 1 aromatic rings. The van der Waals surface area contributed by atoms with Gasteiger partial charge in [0.1, 0.15) is 0 Å². The molecule has 1 rings (SSSR count). The minimum atomic E-state index is 0.635. The molecule has 0 aromatic heterocycles. The third kappa shape index (κ3) is 13.0. The summed E-state index contributed by atoms with van der Waals surface area (Å²) in [6.07, 6.45) is 19.3. The van der Waals surface area contributed by atoms with Crippen molar-refractivity contribution in [3.8, 4) is 0 Å². The van der Waals surface area contributed by atoms with E-state index < -0.39 is 0 Å². The van der Waals surface area contributed by atoms with Gasteiger partial charge < -0.3 is 4.74 Å². The van der Waals surface area contributed by atoms with Gasteiger partial charge in [-0.25, -0.2) is 0 Å². The van der Waals surface area contributed by atoms with Gasteiger partial charge in [0, 0.05) is 5.56 Å². The third-order valence-electron chi connectivity index (χ3n) is 4.74. The molecule has 2 heteroatoms. The van der Waals surface area contributed by atoms with Crippen LogP contribution in [-0.2, 0) is 4.74 Å². The molecule has 0 bridgehead atoms. The lowest BCUT2D eigenvalue weighted by Crippen LogP contribution is -2.04. The van der Waals surface area contributed by atoms with Crippen molar-refractivity contribution in [2.24, 2.45) is 0 Å². The molecule has 0 N–H and O–H groups in total. The highest BCUT2D eigenvalue weighted by Crippen LogP contribution is 2.13. The Bertz CT molecular complexity index is 415. The summed E-state index contributed by atoms with van der Waals surface area (Å²) in [5.41, 5.74) is 1.02. The second-order valence-corrected chi connectivity index (χ2v) is 7.47. The predicted molar refractivity (Wildman–Crippen MR) is 114 cm³/mol. The van der Waals surface area contributed by atoms with Gasteiger partial charge in [0.15, 0.2) is 5.05 Å². The first-order valence-electron chi connectivity index (χ1n) is 10.6. The van der Waals surface area contributed by atoms with E-state index >= 15 is 0 Å². The molecule has 1 nitrogen and oxygen atoms in total. The van der Waals surface area contributed by atoms with E-state index in [0.717, 1.165) is 18.6 Å². The first-order chi connectivity index (χ1) is 12.3. The lowest BCUT2D eigenvalue weighted by Gasteiger charge is -2.07. The highest BCUT2D eigenvalue weighted by Gasteiger charge is 2.00. The highest BCUT2D eigenvalue weighted by atomic mass is 32.1. The van der Waals surface area contributed by atoms with Gasteiger partial charge in [0.25, 0.3) is 0 Å². The zero-order valence-corrected chi connectivity index (χ0v) is 17.1. The summed E-state index contributed by atoms with van der Waals surface area (Å²) < 4.78 is 5.67. The zero-order valence-electron chi connectivity index (χ0n) is 16.3. The molecule has 0 aliphatic carbocycles. The van der Waals surface area contributed by atoms with E-state index in [9.17, 15) is 0 Å². The fraction of sp³-hybridized carbons (Fsp3) is 0.696. The fourth-order valence-electron chi connectivity index (χ4n) is 3.12. The molecular formula is C23H38OS. The molecule has 0 amide bonds. The Morgan fingerprint density at radius 3 is 1.60 bits per heavy atom. The molecule has 0 radical (unpaired) electrons. The second-order valence-electron chi connectivity index (χ2n) is 7.10.